The maximum atomic E-state index is 13.2. The zero-order valence-corrected chi connectivity index (χ0v) is 17.2. The van der Waals surface area contributed by atoms with E-state index < -0.39 is 10.0 Å². The van der Waals surface area contributed by atoms with E-state index in [0.717, 1.165) is 23.5 Å². The maximum absolute atomic E-state index is 13.2. The molecule has 0 radical (unpaired) electrons. The maximum Gasteiger partial charge on any atom is 0.246 e. The molecule has 1 atom stereocenters. The Hall–Kier alpha value is -2.16. The van der Waals surface area contributed by atoms with Gasteiger partial charge in [0.25, 0.3) is 0 Å². The molecule has 1 aliphatic rings. The van der Waals surface area contributed by atoms with Crippen LogP contribution in [0.15, 0.2) is 41.4 Å². The lowest BCUT2D eigenvalue weighted by Crippen LogP contribution is -2.29. The Morgan fingerprint density at radius 2 is 2.14 bits per heavy atom. The van der Waals surface area contributed by atoms with Crippen LogP contribution in [0.4, 0.5) is 0 Å². The van der Waals surface area contributed by atoms with Gasteiger partial charge in [-0.05, 0) is 43.7 Å². The Kier molecular flexibility index (Phi) is 5.03. The van der Waals surface area contributed by atoms with E-state index in [1.54, 1.807) is 18.3 Å². The summed E-state index contributed by atoms with van der Waals surface area (Å²) >= 11 is 6.04. The lowest BCUT2D eigenvalue weighted by Gasteiger charge is -2.19. The van der Waals surface area contributed by atoms with Gasteiger partial charge in [-0.15, -0.1) is 0 Å². The first-order valence-corrected chi connectivity index (χ1v) is 10.9. The van der Waals surface area contributed by atoms with E-state index in [-0.39, 0.29) is 16.6 Å². The molecule has 7 nitrogen and oxygen atoms in total. The van der Waals surface area contributed by atoms with Crippen molar-refractivity contribution < 1.29 is 13.2 Å². The molecule has 28 heavy (non-hydrogen) atoms. The third-order valence-corrected chi connectivity index (χ3v) is 7.23. The van der Waals surface area contributed by atoms with Gasteiger partial charge in [0.05, 0.1) is 7.11 Å². The minimum Gasteiger partial charge on any atom is -0.495 e. The normalized spacial score (nSPS) is 18.0. The number of aromatic nitrogens is 3. The third-order valence-electron chi connectivity index (χ3n) is 5.11. The van der Waals surface area contributed by atoms with Gasteiger partial charge in [-0.25, -0.2) is 18.4 Å². The fraction of sp³-hybridized carbons (Fsp3) is 0.368. The van der Waals surface area contributed by atoms with Crippen molar-refractivity contribution in [3.05, 3.63) is 47.4 Å². The molecule has 1 aliphatic heterocycles. The van der Waals surface area contributed by atoms with Gasteiger partial charge in [-0.1, -0.05) is 11.6 Å². The molecular formula is C19H21ClN4O3S. The fourth-order valence-electron chi connectivity index (χ4n) is 3.75. The highest BCUT2D eigenvalue weighted by molar-refractivity contribution is 7.89. The number of pyridine rings is 1. The Labute approximate surface area is 169 Å². The molecule has 0 unspecified atom stereocenters. The molecule has 0 spiro atoms. The number of hydrogen-bond acceptors (Lipinski definition) is 5. The number of imidazole rings is 1. The van der Waals surface area contributed by atoms with Crippen LogP contribution in [0.1, 0.15) is 25.1 Å². The van der Waals surface area contributed by atoms with Crippen molar-refractivity contribution in [3.63, 3.8) is 0 Å². The van der Waals surface area contributed by atoms with Crippen molar-refractivity contribution >= 4 is 32.8 Å². The summed E-state index contributed by atoms with van der Waals surface area (Å²) in [7, 11) is -2.27. The molecule has 0 saturated carbocycles. The van der Waals surface area contributed by atoms with E-state index >= 15 is 0 Å². The van der Waals surface area contributed by atoms with Crippen LogP contribution < -0.4 is 4.74 Å². The lowest BCUT2D eigenvalue weighted by atomic mass is 10.1. The summed E-state index contributed by atoms with van der Waals surface area (Å²) in [5, 5.41) is 0.356. The second-order valence-electron chi connectivity index (χ2n) is 6.70. The van der Waals surface area contributed by atoms with Crippen molar-refractivity contribution in [2.75, 3.05) is 20.2 Å². The number of halogens is 1. The molecular weight excluding hydrogens is 400 g/mol. The summed E-state index contributed by atoms with van der Waals surface area (Å²) in [6, 6.07) is 8.41. The Balaban J connectivity index is 1.67. The molecule has 9 heteroatoms. The number of methoxy groups -OCH3 is 1. The van der Waals surface area contributed by atoms with Gasteiger partial charge in [0, 0.05) is 36.8 Å². The first-order valence-electron chi connectivity index (χ1n) is 9.10. The number of ether oxygens (including phenoxy) is 1. The van der Waals surface area contributed by atoms with E-state index in [2.05, 4.69) is 9.55 Å². The molecule has 3 aromatic rings. The van der Waals surface area contributed by atoms with Gasteiger partial charge in [0.1, 0.15) is 22.0 Å². The van der Waals surface area contributed by atoms with Gasteiger partial charge in [0.2, 0.25) is 10.0 Å². The van der Waals surface area contributed by atoms with Crippen LogP contribution in [0.25, 0.3) is 11.2 Å². The van der Waals surface area contributed by atoms with E-state index in [1.807, 2.05) is 19.1 Å². The number of nitrogens with zero attached hydrogens (tertiary/aromatic N) is 4. The minimum absolute atomic E-state index is 0.00843. The van der Waals surface area contributed by atoms with Gasteiger partial charge < -0.3 is 9.30 Å². The monoisotopic (exact) mass is 420 g/mol. The van der Waals surface area contributed by atoms with Crippen molar-refractivity contribution in [1.29, 1.82) is 0 Å². The molecule has 1 saturated heterocycles. The molecule has 2 aromatic heterocycles. The molecule has 0 amide bonds. The number of benzene rings is 1. The standard InChI is InChI=1S/C19H21ClN4O3S/c1-3-24-18(22-15-5-4-9-21-19(15)24)13-8-10-23(12-13)28(25,26)17-11-14(20)6-7-16(17)27-2/h4-7,9,11,13H,3,8,10,12H2,1-2H3/t13-/m0/s1. The van der Waals surface area contributed by atoms with Crippen LogP contribution in [0.5, 0.6) is 5.75 Å². The third kappa shape index (κ3) is 3.15. The average molecular weight is 421 g/mol. The predicted molar refractivity (Wildman–Crippen MR) is 107 cm³/mol. The topological polar surface area (TPSA) is 77.3 Å². The highest BCUT2D eigenvalue weighted by Crippen LogP contribution is 2.35. The van der Waals surface area contributed by atoms with Gasteiger partial charge in [0.15, 0.2) is 5.65 Å². The van der Waals surface area contributed by atoms with Crippen LogP contribution in [0, 0.1) is 0 Å². The summed E-state index contributed by atoms with van der Waals surface area (Å²) in [5.74, 6) is 1.18. The number of sulfonamides is 1. The van der Waals surface area contributed by atoms with Crippen molar-refractivity contribution in [2.45, 2.75) is 30.7 Å². The van der Waals surface area contributed by atoms with Gasteiger partial charge >= 0.3 is 0 Å². The summed E-state index contributed by atoms with van der Waals surface area (Å²) in [6.07, 6.45) is 2.45. The molecule has 4 rings (SSSR count). The Morgan fingerprint density at radius 1 is 1.32 bits per heavy atom. The predicted octanol–water partition coefficient (Wildman–Crippen LogP) is 3.29. The summed E-state index contributed by atoms with van der Waals surface area (Å²) < 4.78 is 35.2. The van der Waals surface area contributed by atoms with Crippen molar-refractivity contribution in [2.24, 2.45) is 0 Å². The van der Waals surface area contributed by atoms with Crippen LogP contribution in [0.3, 0.4) is 0 Å². The van der Waals surface area contributed by atoms with Crippen LogP contribution in [-0.4, -0.2) is 47.5 Å². The average Bonchev–Trinajstić information content (AvgIpc) is 3.32. The molecule has 1 fully saturated rings. The van der Waals surface area contributed by atoms with E-state index in [9.17, 15) is 8.42 Å². The Bertz CT molecular complexity index is 1130. The zero-order chi connectivity index (χ0) is 19.9. The second kappa shape index (κ2) is 7.35. The largest absolute Gasteiger partial charge is 0.495 e. The number of aryl methyl sites for hydroxylation is 1. The zero-order valence-electron chi connectivity index (χ0n) is 15.7. The SMILES string of the molecule is CCn1c([C@H]2CCN(S(=O)(=O)c3cc(Cl)ccc3OC)C2)nc2cccnc21. The summed E-state index contributed by atoms with van der Waals surface area (Å²) in [4.78, 5) is 9.26. The molecule has 0 N–H and O–H groups in total. The smallest absolute Gasteiger partial charge is 0.246 e. The van der Waals surface area contributed by atoms with Crippen LogP contribution in [-0.2, 0) is 16.6 Å². The fourth-order valence-corrected chi connectivity index (χ4v) is 5.67. The first-order chi connectivity index (χ1) is 13.5. The van der Waals surface area contributed by atoms with Crippen molar-refractivity contribution in [3.8, 4) is 5.75 Å². The summed E-state index contributed by atoms with van der Waals surface area (Å²) in [6.45, 7) is 3.55. The van der Waals surface area contributed by atoms with E-state index in [0.29, 0.717) is 24.5 Å². The van der Waals surface area contributed by atoms with E-state index in [1.165, 1.54) is 17.5 Å². The van der Waals surface area contributed by atoms with Crippen molar-refractivity contribution in [1.82, 2.24) is 18.8 Å². The lowest BCUT2D eigenvalue weighted by molar-refractivity contribution is 0.398. The highest BCUT2D eigenvalue weighted by Gasteiger charge is 2.37. The van der Waals surface area contributed by atoms with Gasteiger partial charge in [-0.2, -0.15) is 4.31 Å². The highest BCUT2D eigenvalue weighted by atomic mass is 35.5. The molecule has 1 aromatic carbocycles. The summed E-state index contributed by atoms with van der Waals surface area (Å²) in [5.41, 5.74) is 1.66. The molecule has 0 bridgehead atoms. The number of rotatable bonds is 5. The second-order valence-corrected chi connectivity index (χ2v) is 9.05. The molecule has 148 valence electrons. The number of fused-ring (bicyclic) bond motifs is 1. The minimum atomic E-state index is -3.72. The van der Waals surface area contributed by atoms with Gasteiger partial charge in [-0.3, -0.25) is 0 Å². The number of hydrogen-bond donors (Lipinski definition) is 0. The van der Waals surface area contributed by atoms with E-state index in [4.69, 9.17) is 21.3 Å². The quantitative estimate of drug-likeness (QED) is 0.633. The Morgan fingerprint density at radius 3 is 2.89 bits per heavy atom. The van der Waals surface area contributed by atoms with Crippen LogP contribution in [0.2, 0.25) is 5.02 Å². The molecule has 3 heterocycles. The van der Waals surface area contributed by atoms with Crippen LogP contribution >= 0.6 is 11.6 Å². The first kappa shape index (κ1) is 19.2. The molecule has 0 aliphatic carbocycles.